The SMILES string of the molecule is O=C(NCC1CCOC1)c1nc(Cl)ccc1Cl. The summed E-state index contributed by atoms with van der Waals surface area (Å²) in [6, 6.07) is 3.11. The lowest BCUT2D eigenvalue weighted by Gasteiger charge is -2.09. The predicted octanol–water partition coefficient (Wildman–Crippen LogP) is 2.15. The average Bonchev–Trinajstić information content (AvgIpc) is 2.82. The summed E-state index contributed by atoms with van der Waals surface area (Å²) in [5.74, 6) is 0.0707. The van der Waals surface area contributed by atoms with Crippen LogP contribution in [0.25, 0.3) is 0 Å². The highest BCUT2D eigenvalue weighted by molar-refractivity contribution is 6.34. The van der Waals surface area contributed by atoms with Gasteiger partial charge in [-0.15, -0.1) is 0 Å². The van der Waals surface area contributed by atoms with Gasteiger partial charge in [0.05, 0.1) is 11.6 Å². The lowest BCUT2D eigenvalue weighted by atomic mass is 10.1. The van der Waals surface area contributed by atoms with E-state index in [0.29, 0.717) is 24.1 Å². The van der Waals surface area contributed by atoms with E-state index in [0.717, 1.165) is 13.0 Å². The highest BCUT2D eigenvalue weighted by Gasteiger charge is 2.18. The van der Waals surface area contributed by atoms with E-state index in [1.165, 1.54) is 0 Å². The quantitative estimate of drug-likeness (QED) is 0.860. The number of carbonyl (C=O) groups is 1. The average molecular weight is 275 g/mol. The number of hydrogen-bond donors (Lipinski definition) is 1. The van der Waals surface area contributed by atoms with Crippen molar-refractivity contribution >= 4 is 29.1 Å². The minimum Gasteiger partial charge on any atom is -0.381 e. The highest BCUT2D eigenvalue weighted by atomic mass is 35.5. The van der Waals surface area contributed by atoms with Crippen LogP contribution in [-0.4, -0.2) is 30.6 Å². The van der Waals surface area contributed by atoms with Crippen LogP contribution in [0.2, 0.25) is 10.2 Å². The molecule has 1 atom stereocenters. The van der Waals surface area contributed by atoms with E-state index in [4.69, 9.17) is 27.9 Å². The zero-order valence-corrected chi connectivity index (χ0v) is 10.6. The largest absolute Gasteiger partial charge is 0.381 e. The highest BCUT2D eigenvalue weighted by Crippen LogP contribution is 2.17. The Hall–Kier alpha value is -0.840. The molecule has 1 saturated heterocycles. The van der Waals surface area contributed by atoms with Gasteiger partial charge in [0.15, 0.2) is 0 Å². The predicted molar refractivity (Wildman–Crippen MR) is 65.5 cm³/mol. The molecule has 92 valence electrons. The molecule has 0 aliphatic carbocycles. The molecule has 1 unspecified atom stereocenters. The Morgan fingerprint density at radius 2 is 2.35 bits per heavy atom. The van der Waals surface area contributed by atoms with Crippen molar-refractivity contribution < 1.29 is 9.53 Å². The number of carbonyl (C=O) groups excluding carboxylic acids is 1. The van der Waals surface area contributed by atoms with Gasteiger partial charge in [-0.05, 0) is 18.6 Å². The van der Waals surface area contributed by atoms with Gasteiger partial charge >= 0.3 is 0 Å². The number of rotatable bonds is 3. The molecule has 1 aliphatic heterocycles. The topological polar surface area (TPSA) is 51.2 Å². The minimum absolute atomic E-state index is 0.165. The van der Waals surface area contributed by atoms with Crippen molar-refractivity contribution in [3.05, 3.63) is 28.0 Å². The Morgan fingerprint density at radius 3 is 3.06 bits per heavy atom. The first-order valence-corrected chi connectivity index (χ1v) is 6.10. The third-order valence-electron chi connectivity index (χ3n) is 2.60. The first-order valence-electron chi connectivity index (χ1n) is 5.35. The van der Waals surface area contributed by atoms with Gasteiger partial charge in [-0.1, -0.05) is 23.2 Å². The molecule has 6 heteroatoms. The third kappa shape index (κ3) is 3.31. The van der Waals surface area contributed by atoms with Crippen molar-refractivity contribution in [2.24, 2.45) is 5.92 Å². The second-order valence-electron chi connectivity index (χ2n) is 3.90. The molecule has 0 radical (unpaired) electrons. The van der Waals surface area contributed by atoms with Gasteiger partial charge in [0, 0.05) is 19.1 Å². The van der Waals surface area contributed by atoms with E-state index in [-0.39, 0.29) is 16.8 Å². The fourth-order valence-corrected chi connectivity index (χ4v) is 1.98. The summed E-state index contributed by atoms with van der Waals surface area (Å²) in [5.41, 5.74) is 0.165. The maximum atomic E-state index is 11.8. The van der Waals surface area contributed by atoms with Gasteiger partial charge in [-0.25, -0.2) is 4.98 Å². The molecule has 1 aliphatic rings. The third-order valence-corrected chi connectivity index (χ3v) is 3.12. The van der Waals surface area contributed by atoms with Crippen molar-refractivity contribution in [3.63, 3.8) is 0 Å². The molecule has 0 saturated carbocycles. The van der Waals surface area contributed by atoms with Gasteiger partial charge in [0.25, 0.3) is 5.91 Å². The molecule has 1 N–H and O–H groups in total. The minimum atomic E-state index is -0.301. The Kier molecular flexibility index (Phi) is 4.20. The summed E-state index contributed by atoms with van der Waals surface area (Å²) < 4.78 is 5.22. The molecule has 17 heavy (non-hydrogen) atoms. The van der Waals surface area contributed by atoms with Crippen LogP contribution in [-0.2, 0) is 4.74 Å². The van der Waals surface area contributed by atoms with E-state index in [1.54, 1.807) is 12.1 Å². The first kappa shape index (κ1) is 12.6. The van der Waals surface area contributed by atoms with Crippen LogP contribution in [0, 0.1) is 5.92 Å². The summed E-state index contributed by atoms with van der Waals surface area (Å²) in [6.45, 7) is 2.02. The maximum Gasteiger partial charge on any atom is 0.271 e. The maximum absolute atomic E-state index is 11.8. The number of hydrogen-bond acceptors (Lipinski definition) is 3. The number of ether oxygens (including phenoxy) is 1. The fourth-order valence-electron chi connectivity index (χ4n) is 1.64. The van der Waals surface area contributed by atoms with Crippen LogP contribution < -0.4 is 5.32 Å². The molecule has 4 nitrogen and oxygen atoms in total. The van der Waals surface area contributed by atoms with Gasteiger partial charge < -0.3 is 10.1 Å². The zero-order chi connectivity index (χ0) is 12.3. The molecule has 0 aromatic carbocycles. The van der Waals surface area contributed by atoms with Crippen LogP contribution in [0.1, 0.15) is 16.9 Å². The smallest absolute Gasteiger partial charge is 0.271 e. The van der Waals surface area contributed by atoms with E-state index in [9.17, 15) is 4.79 Å². The molecule has 0 bridgehead atoms. The Morgan fingerprint density at radius 1 is 1.53 bits per heavy atom. The monoisotopic (exact) mass is 274 g/mol. The zero-order valence-electron chi connectivity index (χ0n) is 9.08. The standard InChI is InChI=1S/C11H12Cl2N2O2/c12-8-1-2-9(13)15-10(8)11(16)14-5-7-3-4-17-6-7/h1-2,7H,3-6H2,(H,14,16). The molecule has 2 rings (SSSR count). The van der Waals surface area contributed by atoms with Crippen LogP contribution in [0.3, 0.4) is 0 Å². The molecule has 0 spiro atoms. The molecule has 2 heterocycles. The lowest BCUT2D eigenvalue weighted by Crippen LogP contribution is -2.30. The number of amides is 1. The van der Waals surface area contributed by atoms with Gasteiger partial charge in [0.1, 0.15) is 10.8 Å². The van der Waals surface area contributed by atoms with Gasteiger partial charge in [-0.2, -0.15) is 0 Å². The number of nitrogens with one attached hydrogen (secondary N) is 1. The molecule has 1 aromatic heterocycles. The lowest BCUT2D eigenvalue weighted by molar-refractivity contribution is 0.0940. The number of nitrogens with zero attached hydrogens (tertiary/aromatic N) is 1. The van der Waals surface area contributed by atoms with Crippen molar-refractivity contribution in [2.75, 3.05) is 19.8 Å². The van der Waals surface area contributed by atoms with Crippen LogP contribution in [0.5, 0.6) is 0 Å². The summed E-state index contributed by atoms with van der Waals surface area (Å²) in [6.07, 6.45) is 0.969. The van der Waals surface area contributed by atoms with E-state index < -0.39 is 0 Å². The normalized spacial score (nSPS) is 19.3. The molecular formula is C11H12Cl2N2O2. The molecule has 1 fully saturated rings. The van der Waals surface area contributed by atoms with Crippen molar-refractivity contribution in [2.45, 2.75) is 6.42 Å². The van der Waals surface area contributed by atoms with Gasteiger partial charge in [0.2, 0.25) is 0 Å². The summed E-state index contributed by atoms with van der Waals surface area (Å²) in [7, 11) is 0. The van der Waals surface area contributed by atoms with Crippen LogP contribution >= 0.6 is 23.2 Å². The summed E-state index contributed by atoms with van der Waals surface area (Å²) >= 11 is 11.6. The van der Waals surface area contributed by atoms with Crippen molar-refractivity contribution in [1.82, 2.24) is 10.3 Å². The first-order chi connectivity index (χ1) is 8.16. The van der Waals surface area contributed by atoms with E-state index in [1.807, 2.05) is 0 Å². The van der Waals surface area contributed by atoms with E-state index in [2.05, 4.69) is 10.3 Å². The summed E-state index contributed by atoms with van der Waals surface area (Å²) in [4.78, 5) is 15.7. The number of pyridine rings is 1. The van der Waals surface area contributed by atoms with Crippen molar-refractivity contribution in [3.8, 4) is 0 Å². The second-order valence-corrected chi connectivity index (χ2v) is 4.70. The molecule has 1 amide bonds. The van der Waals surface area contributed by atoms with Crippen LogP contribution in [0.15, 0.2) is 12.1 Å². The fraction of sp³-hybridized carbons (Fsp3) is 0.455. The Bertz CT molecular complexity index is 420. The van der Waals surface area contributed by atoms with Crippen molar-refractivity contribution in [1.29, 1.82) is 0 Å². The molecular weight excluding hydrogens is 263 g/mol. The summed E-state index contributed by atoms with van der Waals surface area (Å²) in [5, 5.41) is 3.34. The molecule has 1 aromatic rings. The number of aromatic nitrogens is 1. The number of halogens is 2. The second kappa shape index (κ2) is 5.67. The Balaban J connectivity index is 1.96. The van der Waals surface area contributed by atoms with Crippen LogP contribution in [0.4, 0.5) is 0 Å². The van der Waals surface area contributed by atoms with Gasteiger partial charge in [-0.3, -0.25) is 4.79 Å². The Labute approximate surface area is 109 Å². The van der Waals surface area contributed by atoms with E-state index >= 15 is 0 Å².